The molecule has 0 fully saturated rings. The monoisotopic (exact) mass is 442 g/mol. The van der Waals surface area contributed by atoms with Crippen LogP contribution in [-0.2, 0) is 4.79 Å². The topological polar surface area (TPSA) is 83.6 Å². The molecule has 0 spiro atoms. The van der Waals surface area contributed by atoms with E-state index in [1.165, 1.54) is 29.2 Å². The number of aromatic nitrogens is 1. The summed E-state index contributed by atoms with van der Waals surface area (Å²) in [5.74, 6) is -1.46. The molecule has 1 aliphatic rings. The molecule has 0 saturated carbocycles. The lowest BCUT2D eigenvalue weighted by Gasteiger charge is -2.37. The summed E-state index contributed by atoms with van der Waals surface area (Å²) in [4.78, 5) is 30.6. The van der Waals surface area contributed by atoms with Gasteiger partial charge in [-0.15, -0.1) is 13.2 Å². The summed E-state index contributed by atoms with van der Waals surface area (Å²) < 4.78 is 41.8. The van der Waals surface area contributed by atoms with Crippen molar-refractivity contribution in [2.45, 2.75) is 32.4 Å². The first-order chi connectivity index (χ1) is 14.0. The number of ether oxygens (including phenoxy) is 1. The van der Waals surface area contributed by atoms with Crippen LogP contribution in [0.5, 0.6) is 5.75 Å². The third kappa shape index (κ3) is 5.12. The van der Waals surface area contributed by atoms with Crippen LogP contribution < -0.4 is 15.4 Å². The number of nitrogens with zero attached hydrogens (tertiary/aromatic N) is 2. The molecule has 160 valence electrons. The Labute approximate surface area is 175 Å². The summed E-state index contributed by atoms with van der Waals surface area (Å²) in [7, 11) is 0. The molecule has 7 nitrogen and oxygen atoms in total. The van der Waals surface area contributed by atoms with Crippen molar-refractivity contribution < 1.29 is 27.5 Å². The van der Waals surface area contributed by atoms with Gasteiger partial charge in [0.05, 0.1) is 5.69 Å². The third-order valence-corrected chi connectivity index (χ3v) is 4.31. The van der Waals surface area contributed by atoms with E-state index in [9.17, 15) is 22.8 Å². The van der Waals surface area contributed by atoms with Gasteiger partial charge in [0.15, 0.2) is 5.69 Å². The molecule has 0 aliphatic carbocycles. The molecule has 11 heteroatoms. The van der Waals surface area contributed by atoms with E-state index in [0.717, 1.165) is 12.1 Å². The first-order valence-electron chi connectivity index (χ1n) is 8.92. The van der Waals surface area contributed by atoms with E-state index in [2.05, 4.69) is 20.4 Å². The summed E-state index contributed by atoms with van der Waals surface area (Å²) in [5.41, 5.74) is 0.652. The van der Waals surface area contributed by atoms with E-state index in [1.54, 1.807) is 13.8 Å². The van der Waals surface area contributed by atoms with Gasteiger partial charge in [0.1, 0.15) is 23.6 Å². The van der Waals surface area contributed by atoms with Crippen LogP contribution in [0.3, 0.4) is 0 Å². The Bertz CT molecular complexity index is 968. The molecule has 1 unspecified atom stereocenters. The Morgan fingerprint density at radius 3 is 2.73 bits per heavy atom. The zero-order valence-corrected chi connectivity index (χ0v) is 16.7. The number of rotatable bonds is 5. The molecule has 1 aromatic carbocycles. The van der Waals surface area contributed by atoms with Crippen LogP contribution in [-0.4, -0.2) is 40.6 Å². The van der Waals surface area contributed by atoms with Gasteiger partial charge in [-0.3, -0.25) is 9.59 Å². The van der Waals surface area contributed by atoms with Crippen LogP contribution in [0.25, 0.3) is 0 Å². The fourth-order valence-corrected chi connectivity index (χ4v) is 3.17. The van der Waals surface area contributed by atoms with E-state index in [0.29, 0.717) is 11.3 Å². The number of hydrogen-bond acceptors (Lipinski definition) is 5. The lowest BCUT2D eigenvalue weighted by atomic mass is 10.1. The third-order valence-electron chi connectivity index (χ3n) is 4.10. The zero-order chi connectivity index (χ0) is 22.1. The normalized spacial score (nSPS) is 16.2. The van der Waals surface area contributed by atoms with Crippen molar-refractivity contribution in [1.82, 2.24) is 15.2 Å². The number of alkyl halides is 3. The van der Waals surface area contributed by atoms with E-state index in [4.69, 9.17) is 11.6 Å². The van der Waals surface area contributed by atoms with Gasteiger partial charge in [-0.1, -0.05) is 23.7 Å². The van der Waals surface area contributed by atoms with Crippen molar-refractivity contribution in [3.05, 3.63) is 52.8 Å². The maximum Gasteiger partial charge on any atom is 0.573 e. The number of carbonyl (C=O) groups excluding carboxylic acids is 2. The highest BCUT2D eigenvalue weighted by molar-refractivity contribution is 6.29. The average molecular weight is 443 g/mol. The number of halogens is 4. The van der Waals surface area contributed by atoms with E-state index in [1.807, 2.05) is 0 Å². The predicted molar refractivity (Wildman–Crippen MR) is 103 cm³/mol. The average Bonchev–Trinajstić information content (AvgIpc) is 2.62. The van der Waals surface area contributed by atoms with Crippen LogP contribution in [0.4, 0.5) is 18.9 Å². The van der Waals surface area contributed by atoms with Crippen molar-refractivity contribution in [2.75, 3.05) is 11.9 Å². The predicted octanol–water partition coefficient (Wildman–Crippen LogP) is 3.72. The Balaban J connectivity index is 1.99. The number of carbonyl (C=O) groups is 2. The minimum Gasteiger partial charge on any atom is -0.406 e. The van der Waals surface area contributed by atoms with Gasteiger partial charge >= 0.3 is 6.36 Å². The van der Waals surface area contributed by atoms with E-state index >= 15 is 0 Å². The molecule has 2 N–H and O–H groups in total. The Morgan fingerprint density at radius 2 is 2.07 bits per heavy atom. The van der Waals surface area contributed by atoms with Crippen molar-refractivity contribution in [3.63, 3.8) is 0 Å². The molecular weight excluding hydrogens is 425 g/mol. The highest BCUT2D eigenvalue weighted by atomic mass is 35.5. The number of anilines is 1. The summed E-state index contributed by atoms with van der Waals surface area (Å²) in [6.07, 6.45) is -5.79. The fraction of sp³-hybridized carbons (Fsp3) is 0.316. The van der Waals surface area contributed by atoms with Crippen LogP contribution in [0.2, 0.25) is 5.15 Å². The van der Waals surface area contributed by atoms with Crippen molar-refractivity contribution >= 4 is 29.1 Å². The van der Waals surface area contributed by atoms with Crippen molar-refractivity contribution in [2.24, 2.45) is 0 Å². The molecule has 2 aromatic rings. The van der Waals surface area contributed by atoms with E-state index < -0.39 is 30.1 Å². The second-order valence-corrected chi connectivity index (χ2v) is 7.24. The molecule has 3 rings (SSSR count). The molecule has 2 heterocycles. The number of amides is 2. The molecule has 1 atom stereocenters. The standard InChI is InChI=1S/C19H18ClF3N4O3/c1-10(2)24-15(28)9-27-17(11-4-3-5-12(8-11)30-19(21,22)23)25-13-6-7-14(20)26-16(13)18(27)29/h3-8,10,17,25H,9H2,1-2H3,(H,24,28). The fourth-order valence-electron chi connectivity index (χ4n) is 3.02. The number of hydrogen-bond donors (Lipinski definition) is 2. The van der Waals surface area contributed by atoms with Gasteiger partial charge in [0.2, 0.25) is 5.91 Å². The number of nitrogens with one attached hydrogen (secondary N) is 2. The number of pyridine rings is 1. The Morgan fingerprint density at radius 1 is 1.33 bits per heavy atom. The SMILES string of the molecule is CC(C)NC(=O)CN1C(=O)c2nc(Cl)ccc2NC1c1cccc(OC(F)(F)F)c1. The molecule has 0 bridgehead atoms. The molecule has 1 aliphatic heterocycles. The summed E-state index contributed by atoms with van der Waals surface area (Å²) >= 11 is 5.89. The van der Waals surface area contributed by atoms with Crippen LogP contribution >= 0.6 is 11.6 Å². The maximum absolute atomic E-state index is 13.1. The summed E-state index contributed by atoms with van der Waals surface area (Å²) in [6.45, 7) is 3.19. The Kier molecular flexibility index (Phi) is 6.06. The highest BCUT2D eigenvalue weighted by Gasteiger charge is 2.36. The first-order valence-corrected chi connectivity index (χ1v) is 9.30. The van der Waals surface area contributed by atoms with Gasteiger partial charge in [-0.2, -0.15) is 0 Å². The Hall–Kier alpha value is -3.01. The number of benzene rings is 1. The summed E-state index contributed by atoms with van der Waals surface area (Å²) in [6, 6.07) is 8.04. The van der Waals surface area contributed by atoms with Crippen LogP contribution in [0.15, 0.2) is 36.4 Å². The van der Waals surface area contributed by atoms with Gasteiger partial charge in [-0.05, 0) is 43.7 Å². The number of fused-ring (bicyclic) bond motifs is 1. The largest absolute Gasteiger partial charge is 0.573 e. The second kappa shape index (κ2) is 8.39. The maximum atomic E-state index is 13.1. The summed E-state index contributed by atoms with van der Waals surface area (Å²) in [5, 5.41) is 5.81. The minimum atomic E-state index is -4.86. The first kappa shape index (κ1) is 21.7. The minimum absolute atomic E-state index is 0.0128. The highest BCUT2D eigenvalue weighted by Crippen LogP contribution is 2.34. The molecule has 0 radical (unpaired) electrons. The van der Waals surface area contributed by atoms with Crippen LogP contribution in [0, 0.1) is 0 Å². The molecule has 30 heavy (non-hydrogen) atoms. The molecule has 2 amide bonds. The second-order valence-electron chi connectivity index (χ2n) is 6.85. The van der Waals surface area contributed by atoms with Crippen molar-refractivity contribution in [3.8, 4) is 5.75 Å². The lowest BCUT2D eigenvalue weighted by Crippen LogP contribution is -2.49. The molecule has 1 aromatic heterocycles. The van der Waals surface area contributed by atoms with E-state index in [-0.39, 0.29) is 23.4 Å². The van der Waals surface area contributed by atoms with Crippen molar-refractivity contribution in [1.29, 1.82) is 0 Å². The van der Waals surface area contributed by atoms with Gasteiger partial charge in [-0.25, -0.2) is 4.98 Å². The molecular formula is C19H18ClF3N4O3. The molecule has 0 saturated heterocycles. The van der Waals surface area contributed by atoms with Crippen LogP contribution in [0.1, 0.15) is 36.1 Å². The van der Waals surface area contributed by atoms with Gasteiger partial charge in [0, 0.05) is 6.04 Å². The van der Waals surface area contributed by atoms with Gasteiger partial charge in [0.25, 0.3) is 5.91 Å². The zero-order valence-electron chi connectivity index (χ0n) is 16.0. The smallest absolute Gasteiger partial charge is 0.406 e. The van der Waals surface area contributed by atoms with Gasteiger partial charge < -0.3 is 20.3 Å². The lowest BCUT2D eigenvalue weighted by molar-refractivity contribution is -0.274. The quantitative estimate of drug-likeness (QED) is 0.689.